The number of pyridine rings is 1. The number of hydrogen-bond donors (Lipinski definition) is 0. The molecule has 1 nitrogen and oxygen atoms in total. The van der Waals surface area contributed by atoms with Crippen molar-refractivity contribution >= 4 is 10.9 Å². The highest BCUT2D eigenvalue weighted by Crippen LogP contribution is 2.20. The maximum Gasteiger partial charge on any atom is 0.0708 e. The molecular weight excluding hydrogens is 218 g/mol. The lowest BCUT2D eigenvalue weighted by atomic mass is 10.0. The van der Waals surface area contributed by atoms with Crippen LogP contribution in [0.25, 0.3) is 10.9 Å². The summed E-state index contributed by atoms with van der Waals surface area (Å²) in [5.74, 6) is 0. The highest BCUT2D eigenvalue weighted by Gasteiger charge is 2.03. The van der Waals surface area contributed by atoms with Gasteiger partial charge in [-0.05, 0) is 37.0 Å². The van der Waals surface area contributed by atoms with E-state index in [4.69, 9.17) is 4.98 Å². The molecule has 1 aromatic carbocycles. The summed E-state index contributed by atoms with van der Waals surface area (Å²) >= 11 is 0. The van der Waals surface area contributed by atoms with Crippen molar-refractivity contribution in [2.75, 3.05) is 0 Å². The molecule has 0 N–H and O–H groups in total. The lowest BCUT2D eigenvalue weighted by Crippen LogP contribution is -1.95. The van der Waals surface area contributed by atoms with Gasteiger partial charge in [-0.3, -0.25) is 4.98 Å². The minimum absolute atomic E-state index is 1.09. The van der Waals surface area contributed by atoms with Crippen LogP contribution in [0.2, 0.25) is 0 Å². The van der Waals surface area contributed by atoms with Gasteiger partial charge >= 0.3 is 0 Å². The van der Waals surface area contributed by atoms with E-state index in [2.05, 4.69) is 44.2 Å². The molecule has 2 aromatic rings. The van der Waals surface area contributed by atoms with Crippen molar-refractivity contribution < 1.29 is 0 Å². The summed E-state index contributed by atoms with van der Waals surface area (Å²) in [6.45, 7) is 4.48. The Bertz CT molecular complexity index is 502. The fourth-order valence-electron chi connectivity index (χ4n) is 2.46. The molecule has 0 unspecified atom stereocenters. The molecule has 1 heteroatoms. The maximum absolute atomic E-state index is 4.78. The van der Waals surface area contributed by atoms with E-state index in [1.54, 1.807) is 0 Å². The fourth-order valence-corrected chi connectivity index (χ4v) is 2.46. The van der Waals surface area contributed by atoms with Crippen LogP contribution in [0.1, 0.15) is 50.8 Å². The molecule has 0 radical (unpaired) electrons. The van der Waals surface area contributed by atoms with Gasteiger partial charge in [-0.15, -0.1) is 0 Å². The number of rotatable bonds is 6. The van der Waals surface area contributed by atoms with Crippen molar-refractivity contribution in [2.45, 2.75) is 52.4 Å². The molecule has 1 aromatic heterocycles. The first kappa shape index (κ1) is 13.1. The molecule has 0 spiro atoms. The third kappa shape index (κ3) is 3.10. The van der Waals surface area contributed by atoms with Gasteiger partial charge in [-0.2, -0.15) is 0 Å². The molecule has 0 aliphatic heterocycles. The summed E-state index contributed by atoms with van der Waals surface area (Å²) < 4.78 is 0. The first-order chi connectivity index (χ1) is 8.85. The first-order valence-corrected chi connectivity index (χ1v) is 7.22. The Morgan fingerprint density at radius 1 is 1.00 bits per heavy atom. The van der Waals surface area contributed by atoms with Gasteiger partial charge in [0.25, 0.3) is 0 Å². The molecule has 18 heavy (non-hydrogen) atoms. The second-order valence-electron chi connectivity index (χ2n) is 4.95. The fraction of sp³-hybridized carbons (Fsp3) is 0.471. The SMILES string of the molecule is CCCCCCc1cc(CC)c2ccccc2n1. The predicted octanol–water partition coefficient (Wildman–Crippen LogP) is 4.92. The molecule has 2 rings (SSSR count). The molecule has 0 saturated heterocycles. The molecular formula is C17H23N. The number of hydrogen-bond acceptors (Lipinski definition) is 1. The van der Waals surface area contributed by atoms with Gasteiger partial charge in [0.1, 0.15) is 0 Å². The van der Waals surface area contributed by atoms with E-state index in [9.17, 15) is 0 Å². The average molecular weight is 241 g/mol. The maximum atomic E-state index is 4.78. The molecule has 0 atom stereocenters. The molecule has 0 aliphatic rings. The molecule has 0 amide bonds. The third-order valence-electron chi connectivity index (χ3n) is 3.52. The van der Waals surface area contributed by atoms with Gasteiger partial charge in [-0.1, -0.05) is 51.3 Å². The van der Waals surface area contributed by atoms with Gasteiger partial charge in [0.2, 0.25) is 0 Å². The van der Waals surface area contributed by atoms with E-state index < -0.39 is 0 Å². The molecule has 1 heterocycles. The third-order valence-corrected chi connectivity index (χ3v) is 3.52. The minimum Gasteiger partial charge on any atom is -0.253 e. The number of aromatic nitrogens is 1. The van der Waals surface area contributed by atoms with Crippen LogP contribution in [0.3, 0.4) is 0 Å². The second kappa shape index (κ2) is 6.53. The molecule has 0 fully saturated rings. The van der Waals surface area contributed by atoms with Crippen LogP contribution in [-0.2, 0) is 12.8 Å². The zero-order valence-corrected chi connectivity index (χ0v) is 11.6. The van der Waals surface area contributed by atoms with Crippen molar-refractivity contribution in [3.05, 3.63) is 41.6 Å². The summed E-state index contributed by atoms with van der Waals surface area (Å²) in [5.41, 5.74) is 3.86. The van der Waals surface area contributed by atoms with E-state index in [1.807, 2.05) is 0 Å². The number of aryl methyl sites for hydroxylation is 2. The smallest absolute Gasteiger partial charge is 0.0708 e. The van der Waals surface area contributed by atoms with E-state index in [0.29, 0.717) is 0 Å². The number of benzene rings is 1. The Morgan fingerprint density at radius 2 is 1.83 bits per heavy atom. The van der Waals surface area contributed by atoms with Crippen LogP contribution in [0.5, 0.6) is 0 Å². The quantitative estimate of drug-likeness (QED) is 0.654. The van der Waals surface area contributed by atoms with Crippen LogP contribution in [0.15, 0.2) is 30.3 Å². The largest absolute Gasteiger partial charge is 0.253 e. The van der Waals surface area contributed by atoms with Crippen molar-refractivity contribution in [3.8, 4) is 0 Å². The van der Waals surface area contributed by atoms with Crippen LogP contribution < -0.4 is 0 Å². The monoisotopic (exact) mass is 241 g/mol. The lowest BCUT2D eigenvalue weighted by molar-refractivity contribution is 0.661. The van der Waals surface area contributed by atoms with Gasteiger partial charge < -0.3 is 0 Å². The Morgan fingerprint density at radius 3 is 2.61 bits per heavy atom. The highest BCUT2D eigenvalue weighted by atomic mass is 14.7. The number of para-hydroxylation sites is 1. The summed E-state index contributed by atoms with van der Waals surface area (Å²) in [6, 6.07) is 10.8. The van der Waals surface area contributed by atoms with Gasteiger partial charge in [0.15, 0.2) is 0 Å². The molecule has 0 aliphatic carbocycles. The summed E-state index contributed by atoms with van der Waals surface area (Å²) in [7, 11) is 0. The van der Waals surface area contributed by atoms with Crippen LogP contribution in [0, 0.1) is 0 Å². The van der Waals surface area contributed by atoms with Crippen molar-refractivity contribution in [1.29, 1.82) is 0 Å². The summed E-state index contributed by atoms with van der Waals surface area (Å²) in [4.78, 5) is 4.78. The number of fused-ring (bicyclic) bond motifs is 1. The standard InChI is InChI=1S/C17H23N/c1-3-5-6-7-10-15-13-14(4-2)16-11-8-9-12-17(16)18-15/h8-9,11-13H,3-7,10H2,1-2H3. The molecule has 96 valence electrons. The average Bonchev–Trinajstić information content (AvgIpc) is 2.42. The number of nitrogens with zero attached hydrogens (tertiary/aromatic N) is 1. The first-order valence-electron chi connectivity index (χ1n) is 7.22. The normalized spacial score (nSPS) is 11.0. The van der Waals surface area contributed by atoms with Gasteiger partial charge in [0, 0.05) is 11.1 Å². The van der Waals surface area contributed by atoms with Crippen LogP contribution in [0.4, 0.5) is 0 Å². The minimum atomic E-state index is 1.09. The Hall–Kier alpha value is -1.37. The van der Waals surface area contributed by atoms with E-state index >= 15 is 0 Å². The summed E-state index contributed by atoms with van der Waals surface area (Å²) in [6.07, 6.45) is 7.44. The zero-order valence-electron chi connectivity index (χ0n) is 11.6. The van der Waals surface area contributed by atoms with E-state index in [1.165, 1.54) is 42.3 Å². The van der Waals surface area contributed by atoms with E-state index in [0.717, 1.165) is 18.4 Å². The van der Waals surface area contributed by atoms with E-state index in [-0.39, 0.29) is 0 Å². The van der Waals surface area contributed by atoms with Crippen molar-refractivity contribution in [1.82, 2.24) is 4.98 Å². The Kier molecular flexibility index (Phi) is 4.74. The highest BCUT2D eigenvalue weighted by molar-refractivity contribution is 5.82. The Labute approximate surface area is 110 Å². The zero-order chi connectivity index (χ0) is 12.8. The van der Waals surface area contributed by atoms with Gasteiger partial charge in [-0.25, -0.2) is 0 Å². The topological polar surface area (TPSA) is 12.9 Å². The van der Waals surface area contributed by atoms with Gasteiger partial charge in [0.05, 0.1) is 5.52 Å². The van der Waals surface area contributed by atoms with Crippen LogP contribution >= 0.6 is 0 Å². The predicted molar refractivity (Wildman–Crippen MR) is 79.0 cm³/mol. The molecule has 0 saturated carbocycles. The number of unbranched alkanes of at least 4 members (excludes halogenated alkanes) is 3. The lowest BCUT2D eigenvalue weighted by Gasteiger charge is -2.08. The second-order valence-corrected chi connectivity index (χ2v) is 4.95. The Balaban J connectivity index is 2.18. The van der Waals surface area contributed by atoms with Crippen molar-refractivity contribution in [3.63, 3.8) is 0 Å². The summed E-state index contributed by atoms with van der Waals surface area (Å²) in [5, 5.41) is 1.32. The van der Waals surface area contributed by atoms with Crippen LogP contribution in [-0.4, -0.2) is 4.98 Å². The van der Waals surface area contributed by atoms with Crippen molar-refractivity contribution in [2.24, 2.45) is 0 Å². The molecule has 0 bridgehead atoms.